The smallest absolute Gasteiger partial charge is 0.193 e. The van der Waals surface area contributed by atoms with Gasteiger partial charge in [0.05, 0.1) is 0 Å². The van der Waals surface area contributed by atoms with Crippen molar-refractivity contribution >= 4 is 5.78 Å². The average Bonchev–Trinajstić information content (AvgIpc) is 2.40. The molecule has 0 unspecified atom stereocenters. The fraction of sp³-hybridized carbons (Fsp3) is 0.0556. The third kappa shape index (κ3) is 6.32. The Morgan fingerprint density at radius 1 is 0.909 bits per heavy atom. The number of hydrogen-bond donors (Lipinski definition) is 1. The minimum absolute atomic E-state index is 0. The van der Waals surface area contributed by atoms with E-state index in [0.29, 0.717) is 23.5 Å². The first kappa shape index (κ1) is 25.2. The van der Waals surface area contributed by atoms with Gasteiger partial charge in [-0.05, 0) is 55.1 Å². The van der Waals surface area contributed by atoms with Crippen LogP contribution in [0.25, 0.3) is 0 Å². The molecule has 0 radical (unpaired) electrons. The Morgan fingerprint density at radius 2 is 1.32 bits per heavy atom. The number of phenolic OH excluding ortho intramolecular Hbond substituents is 1. The molecular formula is C18H22NiO3-4. The predicted molar refractivity (Wildman–Crippen MR) is 88.1 cm³/mol. The number of hydrogen-bond acceptors (Lipinski definition) is 3. The van der Waals surface area contributed by atoms with Crippen molar-refractivity contribution in [3.63, 3.8) is 0 Å². The van der Waals surface area contributed by atoms with Gasteiger partial charge in [-0.25, -0.2) is 0 Å². The number of phenols is 1. The summed E-state index contributed by atoms with van der Waals surface area (Å²) >= 11 is 0. The summed E-state index contributed by atoms with van der Waals surface area (Å²) in [5, 5.41) is 9.17. The first-order chi connectivity index (χ1) is 8.70. The summed E-state index contributed by atoms with van der Waals surface area (Å²) < 4.78 is 5.21. The summed E-state index contributed by atoms with van der Waals surface area (Å²) in [6.45, 7) is 3.93. The monoisotopic (exact) mass is 344 g/mol. The second kappa shape index (κ2) is 11.8. The molecule has 0 spiro atoms. The Balaban J connectivity index is -0.000000902. The number of aromatic hydroxyl groups is 1. The fourth-order valence-corrected chi connectivity index (χ4v) is 1.60. The van der Waals surface area contributed by atoms with Crippen molar-refractivity contribution in [1.29, 1.82) is 0 Å². The molecule has 0 amide bonds. The van der Waals surface area contributed by atoms with Gasteiger partial charge in [-0.15, -0.1) is 0 Å². The van der Waals surface area contributed by atoms with Crippen molar-refractivity contribution in [2.75, 3.05) is 6.61 Å². The predicted octanol–water partition coefficient (Wildman–Crippen LogP) is 4.18. The zero-order valence-electron chi connectivity index (χ0n) is 13.1. The SMILES string of the molecule is [CH2-]COc1ccc(C(=O)c2ccc(O)cc2)cc1.[CH3-].[CH3-].[CH3-].[Ni]. The van der Waals surface area contributed by atoms with Gasteiger partial charge in [0.2, 0.25) is 0 Å². The maximum Gasteiger partial charge on any atom is 0.193 e. The summed E-state index contributed by atoms with van der Waals surface area (Å²) in [6.07, 6.45) is 0. The summed E-state index contributed by atoms with van der Waals surface area (Å²) in [5.74, 6) is 0.745. The first-order valence-electron chi connectivity index (χ1n) is 5.56. The van der Waals surface area contributed by atoms with E-state index in [0.717, 1.165) is 0 Å². The van der Waals surface area contributed by atoms with E-state index in [2.05, 4.69) is 6.92 Å². The number of carbonyl (C=O) groups is 1. The summed E-state index contributed by atoms with van der Waals surface area (Å²) in [4.78, 5) is 12.1. The molecule has 0 aromatic heterocycles. The van der Waals surface area contributed by atoms with Gasteiger partial charge in [0, 0.05) is 27.6 Å². The Morgan fingerprint density at radius 3 is 1.73 bits per heavy atom. The van der Waals surface area contributed by atoms with Gasteiger partial charge in [-0.1, -0.05) is 0 Å². The van der Waals surface area contributed by atoms with Crippen molar-refractivity contribution < 1.29 is 31.1 Å². The normalized spacial score (nSPS) is 8.23. The quantitative estimate of drug-likeness (QED) is 0.514. The standard InChI is InChI=1S/C15H13O3.3CH3.Ni/c1-2-18-14-9-5-12(6-10-14)15(17)11-3-7-13(16)8-4-11;;;;/h3-10,16H,1-2H2;3*1H3;/q4*-1;. The van der Waals surface area contributed by atoms with Crippen LogP contribution in [0.1, 0.15) is 15.9 Å². The molecule has 0 atom stereocenters. The molecule has 4 heteroatoms. The van der Waals surface area contributed by atoms with Crippen LogP contribution in [-0.2, 0) is 16.5 Å². The number of carbonyl (C=O) groups excluding carboxylic acids is 1. The van der Waals surface area contributed by atoms with Crippen LogP contribution in [0, 0.1) is 29.2 Å². The third-order valence-corrected chi connectivity index (χ3v) is 2.51. The van der Waals surface area contributed by atoms with Crippen molar-refractivity contribution in [2.24, 2.45) is 0 Å². The van der Waals surface area contributed by atoms with Gasteiger partial charge in [0.1, 0.15) is 11.5 Å². The van der Waals surface area contributed by atoms with Crippen LogP contribution in [-0.4, -0.2) is 17.5 Å². The molecule has 2 rings (SSSR count). The molecule has 22 heavy (non-hydrogen) atoms. The Labute approximate surface area is 144 Å². The van der Waals surface area contributed by atoms with Crippen LogP contribution >= 0.6 is 0 Å². The van der Waals surface area contributed by atoms with E-state index in [1.165, 1.54) is 12.1 Å². The van der Waals surface area contributed by atoms with E-state index in [-0.39, 0.29) is 50.3 Å². The van der Waals surface area contributed by atoms with Crippen molar-refractivity contribution in [3.8, 4) is 11.5 Å². The van der Waals surface area contributed by atoms with Crippen LogP contribution in [0.15, 0.2) is 48.5 Å². The number of rotatable bonds is 4. The Hall–Kier alpha value is -1.80. The van der Waals surface area contributed by atoms with E-state index in [4.69, 9.17) is 4.74 Å². The van der Waals surface area contributed by atoms with E-state index in [1.54, 1.807) is 36.4 Å². The maximum atomic E-state index is 12.1. The molecule has 2 aromatic rings. The second-order valence-corrected chi connectivity index (χ2v) is 3.75. The molecule has 0 bridgehead atoms. The molecule has 0 saturated carbocycles. The van der Waals surface area contributed by atoms with Gasteiger partial charge in [-0.3, -0.25) is 4.79 Å². The zero-order valence-corrected chi connectivity index (χ0v) is 14.1. The van der Waals surface area contributed by atoms with Crippen LogP contribution < -0.4 is 4.74 Å². The van der Waals surface area contributed by atoms with Gasteiger partial charge in [-0.2, -0.15) is 0 Å². The minimum atomic E-state index is -0.0869. The molecule has 0 fully saturated rings. The minimum Gasteiger partial charge on any atom is -0.525 e. The van der Waals surface area contributed by atoms with Crippen LogP contribution in [0.2, 0.25) is 0 Å². The molecule has 0 aliphatic heterocycles. The molecule has 0 heterocycles. The average molecular weight is 345 g/mol. The molecule has 1 N–H and O–H groups in total. The first-order valence-corrected chi connectivity index (χ1v) is 5.56. The summed E-state index contributed by atoms with van der Waals surface area (Å²) in [7, 11) is 0. The van der Waals surface area contributed by atoms with E-state index in [9.17, 15) is 9.90 Å². The van der Waals surface area contributed by atoms with E-state index >= 15 is 0 Å². The fourth-order valence-electron chi connectivity index (χ4n) is 1.60. The summed E-state index contributed by atoms with van der Waals surface area (Å²) in [6, 6.07) is 13.1. The molecular weight excluding hydrogens is 323 g/mol. The second-order valence-electron chi connectivity index (χ2n) is 3.75. The Bertz CT molecular complexity index is 533. The van der Waals surface area contributed by atoms with E-state index in [1.807, 2.05) is 0 Å². The largest absolute Gasteiger partial charge is 0.525 e. The third-order valence-electron chi connectivity index (χ3n) is 2.51. The van der Waals surface area contributed by atoms with Crippen molar-refractivity contribution in [2.45, 2.75) is 0 Å². The van der Waals surface area contributed by atoms with Crippen molar-refractivity contribution in [1.82, 2.24) is 0 Å². The molecule has 3 nitrogen and oxygen atoms in total. The molecule has 0 aliphatic rings. The summed E-state index contributed by atoms with van der Waals surface area (Å²) in [5.41, 5.74) is 1.12. The van der Waals surface area contributed by atoms with Gasteiger partial charge in [0.25, 0.3) is 0 Å². The van der Waals surface area contributed by atoms with Gasteiger partial charge in [0.15, 0.2) is 5.78 Å². The topological polar surface area (TPSA) is 46.5 Å². The van der Waals surface area contributed by atoms with Gasteiger partial charge < -0.3 is 39.0 Å². The number of ether oxygens (including phenoxy) is 1. The zero-order chi connectivity index (χ0) is 13.0. The molecule has 126 valence electrons. The number of benzene rings is 2. The Kier molecular flexibility index (Phi) is 13.5. The van der Waals surface area contributed by atoms with Crippen molar-refractivity contribution in [3.05, 3.63) is 88.9 Å². The van der Waals surface area contributed by atoms with Gasteiger partial charge >= 0.3 is 0 Å². The molecule has 0 saturated heterocycles. The van der Waals surface area contributed by atoms with Crippen LogP contribution in [0.3, 0.4) is 0 Å². The van der Waals surface area contributed by atoms with Crippen LogP contribution in [0.5, 0.6) is 11.5 Å². The number of ketones is 1. The molecule has 2 aromatic carbocycles. The maximum absolute atomic E-state index is 12.1. The van der Waals surface area contributed by atoms with E-state index < -0.39 is 0 Å². The van der Waals surface area contributed by atoms with Crippen LogP contribution in [0.4, 0.5) is 0 Å². The molecule has 0 aliphatic carbocycles.